The Labute approximate surface area is 149 Å². The average molecular weight is 345 g/mol. The summed E-state index contributed by atoms with van der Waals surface area (Å²) in [4.78, 5) is 26.8. The van der Waals surface area contributed by atoms with Crippen molar-refractivity contribution in [2.45, 2.75) is 38.5 Å². The van der Waals surface area contributed by atoms with Crippen molar-refractivity contribution in [3.8, 4) is 0 Å². The number of carbonyl (C=O) groups is 2. The number of carboxylic acid groups (broad SMARTS) is 1. The summed E-state index contributed by atoms with van der Waals surface area (Å²) in [5, 5.41) is 9.33. The topological polar surface area (TPSA) is 66.8 Å². The van der Waals surface area contributed by atoms with E-state index in [9.17, 15) is 14.7 Å². The molecule has 25 heavy (non-hydrogen) atoms. The monoisotopic (exact) mass is 345 g/mol. The van der Waals surface area contributed by atoms with Gasteiger partial charge in [0.25, 0.3) is 0 Å². The summed E-state index contributed by atoms with van der Waals surface area (Å²) in [5.74, 6) is -0.989. The maximum absolute atomic E-state index is 13.6. The van der Waals surface area contributed by atoms with Crippen LogP contribution in [0.2, 0.25) is 0 Å². The summed E-state index contributed by atoms with van der Waals surface area (Å²) < 4.78 is 5.54. The Morgan fingerprint density at radius 2 is 1.92 bits per heavy atom. The van der Waals surface area contributed by atoms with E-state index in [4.69, 9.17) is 4.74 Å². The molecule has 1 aromatic carbocycles. The number of aliphatic carboxylic acids is 1. The number of aryl methyl sites for hydroxylation is 1. The SMILES string of the molecule is Cc1ccccc1C1(C(=O)N2CCC(C(=O)O)C(C)C2)CCOCC1. The fraction of sp³-hybridized carbons (Fsp3) is 0.600. The van der Waals surface area contributed by atoms with Crippen LogP contribution in [0.5, 0.6) is 0 Å². The molecule has 0 aromatic heterocycles. The summed E-state index contributed by atoms with van der Waals surface area (Å²) in [6, 6.07) is 8.11. The molecule has 2 atom stereocenters. The number of hydrogen-bond acceptors (Lipinski definition) is 3. The second-order valence-corrected chi connectivity index (χ2v) is 7.47. The first-order valence-corrected chi connectivity index (χ1v) is 9.12. The van der Waals surface area contributed by atoms with Crippen molar-refractivity contribution < 1.29 is 19.4 Å². The normalized spacial score (nSPS) is 26.2. The fourth-order valence-electron chi connectivity index (χ4n) is 4.43. The third-order valence-corrected chi connectivity index (χ3v) is 5.93. The number of benzene rings is 1. The number of rotatable bonds is 3. The highest BCUT2D eigenvalue weighted by atomic mass is 16.5. The number of carbonyl (C=O) groups excluding carboxylic acids is 1. The van der Waals surface area contributed by atoms with Crippen LogP contribution < -0.4 is 0 Å². The molecule has 0 bridgehead atoms. The molecule has 2 unspecified atom stereocenters. The van der Waals surface area contributed by atoms with Crippen LogP contribution in [0, 0.1) is 18.8 Å². The lowest BCUT2D eigenvalue weighted by atomic mass is 9.71. The maximum atomic E-state index is 13.6. The van der Waals surface area contributed by atoms with Crippen LogP contribution in [0.25, 0.3) is 0 Å². The molecule has 0 aliphatic carbocycles. The van der Waals surface area contributed by atoms with Crippen molar-refractivity contribution in [2.24, 2.45) is 11.8 Å². The molecule has 1 aromatic rings. The molecule has 2 saturated heterocycles. The van der Waals surface area contributed by atoms with Gasteiger partial charge in [0.15, 0.2) is 0 Å². The number of carboxylic acids is 1. The average Bonchev–Trinajstić information content (AvgIpc) is 2.61. The molecule has 2 aliphatic heterocycles. The summed E-state index contributed by atoms with van der Waals surface area (Å²) in [7, 11) is 0. The predicted molar refractivity (Wildman–Crippen MR) is 94.4 cm³/mol. The Kier molecular flexibility index (Phi) is 5.13. The van der Waals surface area contributed by atoms with E-state index in [1.54, 1.807) is 0 Å². The second kappa shape index (κ2) is 7.16. The molecule has 2 aliphatic rings. The van der Waals surface area contributed by atoms with E-state index in [2.05, 4.69) is 19.1 Å². The third kappa shape index (κ3) is 3.30. The third-order valence-electron chi connectivity index (χ3n) is 5.93. The summed E-state index contributed by atoms with van der Waals surface area (Å²) >= 11 is 0. The molecule has 5 nitrogen and oxygen atoms in total. The minimum atomic E-state index is -0.751. The second-order valence-electron chi connectivity index (χ2n) is 7.47. The van der Waals surface area contributed by atoms with Crippen LogP contribution in [0.1, 0.15) is 37.3 Å². The minimum absolute atomic E-state index is 0.0241. The molecular formula is C20H27NO4. The Bertz CT molecular complexity index is 651. The van der Waals surface area contributed by atoms with Crippen LogP contribution in [0.4, 0.5) is 0 Å². The zero-order chi connectivity index (χ0) is 18.0. The standard InChI is InChI=1S/C20H27NO4/c1-14-5-3-4-6-17(14)20(8-11-25-12-9-20)19(24)21-10-7-16(18(22)23)15(2)13-21/h3-6,15-16H,7-13H2,1-2H3,(H,22,23). The van der Waals surface area contributed by atoms with Crippen molar-refractivity contribution in [1.29, 1.82) is 0 Å². The first-order chi connectivity index (χ1) is 12.0. The summed E-state index contributed by atoms with van der Waals surface area (Å²) in [6.45, 7) is 6.20. The van der Waals surface area contributed by atoms with Crippen molar-refractivity contribution in [3.63, 3.8) is 0 Å². The lowest BCUT2D eigenvalue weighted by Crippen LogP contribution is -2.54. The lowest BCUT2D eigenvalue weighted by Gasteiger charge is -2.44. The fourth-order valence-corrected chi connectivity index (χ4v) is 4.43. The van der Waals surface area contributed by atoms with Crippen LogP contribution in [0.3, 0.4) is 0 Å². The number of amides is 1. The van der Waals surface area contributed by atoms with Crippen LogP contribution >= 0.6 is 0 Å². The Hall–Kier alpha value is -1.88. The highest BCUT2D eigenvalue weighted by molar-refractivity contribution is 5.89. The van der Waals surface area contributed by atoms with E-state index in [1.165, 1.54) is 0 Å². The number of piperidine rings is 1. The van der Waals surface area contributed by atoms with E-state index in [1.807, 2.05) is 24.0 Å². The van der Waals surface area contributed by atoms with Gasteiger partial charge in [-0.2, -0.15) is 0 Å². The molecule has 1 N–H and O–H groups in total. The number of ether oxygens (including phenoxy) is 1. The van der Waals surface area contributed by atoms with Gasteiger partial charge in [0.1, 0.15) is 0 Å². The van der Waals surface area contributed by atoms with E-state index < -0.39 is 11.4 Å². The molecular weight excluding hydrogens is 318 g/mol. The summed E-state index contributed by atoms with van der Waals surface area (Å²) in [6.07, 6.45) is 1.90. The van der Waals surface area contributed by atoms with Gasteiger partial charge in [-0.05, 0) is 43.2 Å². The zero-order valence-electron chi connectivity index (χ0n) is 15.0. The van der Waals surface area contributed by atoms with Gasteiger partial charge in [0.2, 0.25) is 5.91 Å². The lowest BCUT2D eigenvalue weighted by molar-refractivity contribution is -0.151. The van der Waals surface area contributed by atoms with Crippen LogP contribution in [-0.2, 0) is 19.7 Å². The Balaban J connectivity index is 1.89. The molecule has 0 radical (unpaired) electrons. The largest absolute Gasteiger partial charge is 0.481 e. The first kappa shape index (κ1) is 17.9. The smallest absolute Gasteiger partial charge is 0.306 e. The van der Waals surface area contributed by atoms with Crippen molar-refractivity contribution in [1.82, 2.24) is 4.90 Å². The first-order valence-electron chi connectivity index (χ1n) is 9.12. The molecule has 2 heterocycles. The highest BCUT2D eigenvalue weighted by Crippen LogP contribution is 2.39. The van der Waals surface area contributed by atoms with E-state index >= 15 is 0 Å². The van der Waals surface area contributed by atoms with E-state index in [-0.39, 0.29) is 17.7 Å². The zero-order valence-corrected chi connectivity index (χ0v) is 15.0. The van der Waals surface area contributed by atoms with Crippen molar-refractivity contribution in [3.05, 3.63) is 35.4 Å². The van der Waals surface area contributed by atoms with E-state index in [0.29, 0.717) is 45.6 Å². The Morgan fingerprint density at radius 1 is 1.24 bits per heavy atom. The van der Waals surface area contributed by atoms with Crippen molar-refractivity contribution >= 4 is 11.9 Å². The van der Waals surface area contributed by atoms with Gasteiger partial charge in [-0.1, -0.05) is 31.2 Å². The van der Waals surface area contributed by atoms with Gasteiger partial charge < -0.3 is 14.7 Å². The molecule has 2 fully saturated rings. The molecule has 136 valence electrons. The summed E-state index contributed by atoms with van der Waals surface area (Å²) in [5.41, 5.74) is 1.68. The quantitative estimate of drug-likeness (QED) is 0.914. The van der Waals surface area contributed by atoms with Gasteiger partial charge in [-0.15, -0.1) is 0 Å². The van der Waals surface area contributed by atoms with Crippen LogP contribution in [-0.4, -0.2) is 48.2 Å². The molecule has 5 heteroatoms. The van der Waals surface area contributed by atoms with Crippen molar-refractivity contribution in [2.75, 3.05) is 26.3 Å². The highest BCUT2D eigenvalue weighted by Gasteiger charge is 2.46. The van der Waals surface area contributed by atoms with Crippen LogP contribution in [0.15, 0.2) is 24.3 Å². The predicted octanol–water partition coefficient (Wildman–Crippen LogP) is 2.61. The van der Waals surface area contributed by atoms with Gasteiger partial charge in [-0.3, -0.25) is 9.59 Å². The van der Waals surface area contributed by atoms with Gasteiger partial charge in [-0.25, -0.2) is 0 Å². The molecule has 1 amide bonds. The minimum Gasteiger partial charge on any atom is -0.481 e. The molecule has 0 spiro atoms. The number of nitrogens with zero attached hydrogens (tertiary/aromatic N) is 1. The molecule has 0 saturated carbocycles. The molecule has 3 rings (SSSR count). The van der Waals surface area contributed by atoms with Gasteiger partial charge in [0.05, 0.1) is 11.3 Å². The number of hydrogen-bond donors (Lipinski definition) is 1. The number of likely N-dealkylation sites (tertiary alicyclic amines) is 1. The van der Waals surface area contributed by atoms with E-state index in [0.717, 1.165) is 11.1 Å². The maximum Gasteiger partial charge on any atom is 0.306 e. The van der Waals surface area contributed by atoms with Gasteiger partial charge in [0, 0.05) is 26.3 Å². The van der Waals surface area contributed by atoms with Gasteiger partial charge >= 0.3 is 5.97 Å². The Morgan fingerprint density at radius 3 is 2.52 bits per heavy atom.